The molecular weight excluding hydrogens is 206 g/mol. The number of unbranched alkanes of at least 4 members (excludes halogenated alkanes) is 1. The molecule has 1 atom stereocenters. The fourth-order valence-electron chi connectivity index (χ4n) is 1.92. The Labute approximate surface area is 97.3 Å². The Hall–Kier alpha value is -0.650. The number of ether oxygens (including phenoxy) is 1. The number of hydrogen-bond acceptors (Lipinski definition) is 4. The Kier molecular flexibility index (Phi) is 5.73. The summed E-state index contributed by atoms with van der Waals surface area (Å²) >= 11 is 0. The number of methoxy groups -OCH3 is 1. The van der Waals surface area contributed by atoms with Crippen molar-refractivity contribution in [1.82, 2.24) is 10.3 Å². The fourth-order valence-corrected chi connectivity index (χ4v) is 1.92. The Bertz CT molecular complexity index is 219. The standard InChI is InChI=1S/C11H23N3O2/c1-3-4-7-14(9-5-6-9)10(8-16-2)11(15)13-12/h9-10H,3-8,12H2,1-2H3,(H,13,15). The maximum absolute atomic E-state index is 11.7. The monoisotopic (exact) mass is 229 g/mol. The van der Waals surface area contributed by atoms with Crippen molar-refractivity contribution >= 4 is 5.91 Å². The maximum Gasteiger partial charge on any atom is 0.253 e. The molecule has 0 heterocycles. The highest BCUT2D eigenvalue weighted by Gasteiger charge is 2.36. The third-order valence-electron chi connectivity index (χ3n) is 2.96. The lowest BCUT2D eigenvalue weighted by atomic mass is 10.2. The summed E-state index contributed by atoms with van der Waals surface area (Å²) in [5, 5.41) is 0. The van der Waals surface area contributed by atoms with Crippen LogP contribution in [0.25, 0.3) is 0 Å². The molecule has 1 aliphatic carbocycles. The molecule has 0 bridgehead atoms. The number of carbonyl (C=O) groups excluding carboxylic acids is 1. The second-order valence-corrected chi connectivity index (χ2v) is 4.30. The highest BCUT2D eigenvalue weighted by molar-refractivity contribution is 5.81. The lowest BCUT2D eigenvalue weighted by molar-refractivity contribution is -0.128. The predicted molar refractivity (Wildman–Crippen MR) is 62.6 cm³/mol. The summed E-state index contributed by atoms with van der Waals surface area (Å²) in [6.45, 7) is 3.51. The molecule has 0 aromatic heterocycles. The zero-order valence-corrected chi connectivity index (χ0v) is 10.2. The molecule has 0 spiro atoms. The number of hydrogen-bond donors (Lipinski definition) is 2. The molecule has 5 nitrogen and oxygen atoms in total. The van der Waals surface area contributed by atoms with Gasteiger partial charge < -0.3 is 4.74 Å². The molecule has 5 heteroatoms. The van der Waals surface area contributed by atoms with Crippen LogP contribution < -0.4 is 11.3 Å². The van der Waals surface area contributed by atoms with Crippen LogP contribution in [0.1, 0.15) is 32.6 Å². The number of amides is 1. The zero-order valence-electron chi connectivity index (χ0n) is 10.2. The summed E-state index contributed by atoms with van der Waals surface area (Å²) in [6, 6.07) is 0.304. The Balaban J connectivity index is 2.58. The van der Waals surface area contributed by atoms with E-state index >= 15 is 0 Å². The van der Waals surface area contributed by atoms with Crippen molar-refractivity contribution in [2.45, 2.75) is 44.7 Å². The Morgan fingerprint density at radius 3 is 2.75 bits per heavy atom. The van der Waals surface area contributed by atoms with Crippen LogP contribution in [-0.2, 0) is 9.53 Å². The number of nitrogens with two attached hydrogens (primary N) is 1. The molecule has 16 heavy (non-hydrogen) atoms. The first-order chi connectivity index (χ1) is 7.74. The summed E-state index contributed by atoms with van der Waals surface area (Å²) in [6.07, 6.45) is 4.60. The van der Waals surface area contributed by atoms with Crippen LogP contribution in [0, 0.1) is 0 Å². The maximum atomic E-state index is 11.7. The number of nitrogens with one attached hydrogen (secondary N) is 1. The van der Waals surface area contributed by atoms with Gasteiger partial charge in [-0.25, -0.2) is 5.84 Å². The van der Waals surface area contributed by atoms with Gasteiger partial charge in [0.15, 0.2) is 0 Å². The third-order valence-corrected chi connectivity index (χ3v) is 2.96. The van der Waals surface area contributed by atoms with E-state index in [9.17, 15) is 4.79 Å². The predicted octanol–water partition coefficient (Wildman–Crippen LogP) is 0.256. The molecule has 0 aromatic rings. The molecule has 0 aliphatic heterocycles. The normalized spacial score (nSPS) is 17.5. The molecule has 1 fully saturated rings. The number of rotatable bonds is 8. The first-order valence-electron chi connectivity index (χ1n) is 5.99. The van der Waals surface area contributed by atoms with Gasteiger partial charge in [-0.15, -0.1) is 0 Å². The highest BCUT2D eigenvalue weighted by Crippen LogP contribution is 2.29. The molecule has 1 aliphatic rings. The van der Waals surface area contributed by atoms with Crippen LogP contribution in [0.15, 0.2) is 0 Å². The number of nitrogens with zero attached hydrogens (tertiary/aromatic N) is 1. The lowest BCUT2D eigenvalue weighted by Gasteiger charge is -2.29. The van der Waals surface area contributed by atoms with Crippen molar-refractivity contribution in [2.75, 3.05) is 20.3 Å². The van der Waals surface area contributed by atoms with Gasteiger partial charge in [-0.05, 0) is 25.8 Å². The van der Waals surface area contributed by atoms with E-state index in [1.165, 1.54) is 12.8 Å². The molecule has 94 valence electrons. The van der Waals surface area contributed by atoms with Crippen LogP contribution in [-0.4, -0.2) is 43.2 Å². The number of carbonyl (C=O) groups is 1. The Morgan fingerprint density at radius 1 is 1.62 bits per heavy atom. The van der Waals surface area contributed by atoms with Gasteiger partial charge in [0.25, 0.3) is 5.91 Å². The van der Waals surface area contributed by atoms with E-state index < -0.39 is 0 Å². The van der Waals surface area contributed by atoms with Crippen molar-refractivity contribution < 1.29 is 9.53 Å². The second kappa shape index (κ2) is 6.83. The van der Waals surface area contributed by atoms with Gasteiger partial charge >= 0.3 is 0 Å². The second-order valence-electron chi connectivity index (χ2n) is 4.30. The van der Waals surface area contributed by atoms with Crippen LogP contribution >= 0.6 is 0 Å². The minimum atomic E-state index is -0.242. The lowest BCUT2D eigenvalue weighted by Crippen LogP contribution is -2.52. The molecule has 1 amide bonds. The van der Waals surface area contributed by atoms with Gasteiger partial charge in [0, 0.05) is 13.2 Å². The topological polar surface area (TPSA) is 67.6 Å². The van der Waals surface area contributed by atoms with Gasteiger partial charge in [-0.1, -0.05) is 13.3 Å². The summed E-state index contributed by atoms with van der Waals surface area (Å²) in [4.78, 5) is 13.9. The van der Waals surface area contributed by atoms with E-state index in [4.69, 9.17) is 10.6 Å². The fraction of sp³-hybridized carbons (Fsp3) is 0.909. The molecular formula is C11H23N3O2. The van der Waals surface area contributed by atoms with Crippen LogP contribution in [0.5, 0.6) is 0 Å². The average Bonchev–Trinajstić information content (AvgIpc) is 3.11. The van der Waals surface area contributed by atoms with Crippen molar-refractivity contribution in [3.05, 3.63) is 0 Å². The molecule has 1 rings (SSSR count). The first kappa shape index (κ1) is 13.4. The Morgan fingerprint density at radius 2 is 2.31 bits per heavy atom. The van der Waals surface area contributed by atoms with Crippen LogP contribution in [0.3, 0.4) is 0 Å². The van der Waals surface area contributed by atoms with Crippen LogP contribution in [0.4, 0.5) is 0 Å². The molecule has 0 radical (unpaired) electrons. The van der Waals surface area contributed by atoms with Crippen molar-refractivity contribution in [1.29, 1.82) is 0 Å². The third kappa shape index (κ3) is 3.73. The van der Waals surface area contributed by atoms with Crippen LogP contribution in [0.2, 0.25) is 0 Å². The zero-order chi connectivity index (χ0) is 12.0. The molecule has 1 saturated carbocycles. The van der Waals surface area contributed by atoms with Gasteiger partial charge in [0.1, 0.15) is 6.04 Å². The average molecular weight is 229 g/mol. The summed E-state index contributed by atoms with van der Waals surface area (Å²) in [5.41, 5.74) is 2.23. The van der Waals surface area contributed by atoms with E-state index in [1.54, 1.807) is 7.11 Å². The SMILES string of the molecule is CCCCN(C1CC1)C(COC)C(=O)NN. The van der Waals surface area contributed by atoms with Gasteiger partial charge in [-0.2, -0.15) is 0 Å². The van der Waals surface area contributed by atoms with E-state index in [2.05, 4.69) is 17.2 Å². The summed E-state index contributed by atoms with van der Waals surface area (Å²) < 4.78 is 5.11. The highest BCUT2D eigenvalue weighted by atomic mass is 16.5. The summed E-state index contributed by atoms with van der Waals surface area (Å²) in [5.74, 6) is 5.06. The van der Waals surface area contributed by atoms with Gasteiger partial charge in [-0.3, -0.25) is 15.1 Å². The minimum Gasteiger partial charge on any atom is -0.383 e. The largest absolute Gasteiger partial charge is 0.383 e. The first-order valence-corrected chi connectivity index (χ1v) is 5.99. The van der Waals surface area contributed by atoms with Gasteiger partial charge in [0.05, 0.1) is 6.61 Å². The van der Waals surface area contributed by atoms with E-state index in [0.717, 1.165) is 19.4 Å². The molecule has 1 unspecified atom stereocenters. The van der Waals surface area contributed by atoms with Crippen molar-refractivity contribution in [3.63, 3.8) is 0 Å². The van der Waals surface area contributed by atoms with Crippen molar-refractivity contribution in [2.24, 2.45) is 5.84 Å². The van der Waals surface area contributed by atoms with Crippen molar-refractivity contribution in [3.8, 4) is 0 Å². The molecule has 0 aromatic carbocycles. The molecule has 3 N–H and O–H groups in total. The molecule has 0 saturated heterocycles. The van der Waals surface area contributed by atoms with E-state index in [-0.39, 0.29) is 11.9 Å². The smallest absolute Gasteiger partial charge is 0.253 e. The van der Waals surface area contributed by atoms with E-state index in [1.807, 2.05) is 0 Å². The quantitative estimate of drug-likeness (QED) is 0.356. The van der Waals surface area contributed by atoms with Gasteiger partial charge in [0.2, 0.25) is 0 Å². The number of hydrazine groups is 1. The van der Waals surface area contributed by atoms with E-state index in [0.29, 0.717) is 12.6 Å². The summed E-state index contributed by atoms with van der Waals surface area (Å²) in [7, 11) is 1.61. The minimum absolute atomic E-state index is 0.148.